The molecule has 2 N–H and O–H groups in total. The molecule has 118 valence electrons. The minimum Gasteiger partial charge on any atom is -0.486 e. The summed E-state index contributed by atoms with van der Waals surface area (Å²) < 4.78 is 12.3. The second-order valence-electron chi connectivity index (χ2n) is 5.73. The number of ether oxygens (including phenoxy) is 2. The smallest absolute Gasteiger partial charge is 0.162 e. The molecular formula is C15H22BrClN2O2. The van der Waals surface area contributed by atoms with Crippen LogP contribution >= 0.6 is 28.3 Å². The quantitative estimate of drug-likeness (QED) is 0.880. The van der Waals surface area contributed by atoms with Crippen molar-refractivity contribution in [2.45, 2.75) is 25.9 Å². The maximum atomic E-state index is 6.00. The molecule has 0 saturated carbocycles. The van der Waals surface area contributed by atoms with Crippen LogP contribution in [0.5, 0.6) is 11.5 Å². The number of hydrogen-bond donors (Lipinski definition) is 1. The number of halogens is 2. The molecule has 0 aliphatic carbocycles. The van der Waals surface area contributed by atoms with Crippen LogP contribution in [0.2, 0.25) is 0 Å². The molecule has 0 amide bonds. The topological polar surface area (TPSA) is 47.7 Å². The zero-order valence-corrected chi connectivity index (χ0v) is 14.6. The summed E-state index contributed by atoms with van der Waals surface area (Å²) in [5.74, 6) is 2.31. The Morgan fingerprint density at radius 2 is 2.00 bits per heavy atom. The molecule has 2 aliphatic heterocycles. The van der Waals surface area contributed by atoms with E-state index in [-0.39, 0.29) is 18.4 Å². The van der Waals surface area contributed by atoms with Crippen LogP contribution in [-0.2, 0) is 6.54 Å². The van der Waals surface area contributed by atoms with Gasteiger partial charge < -0.3 is 15.2 Å². The molecule has 0 bridgehead atoms. The molecule has 1 fully saturated rings. The molecule has 2 unspecified atom stereocenters. The van der Waals surface area contributed by atoms with Crippen LogP contribution < -0.4 is 15.2 Å². The first-order chi connectivity index (χ1) is 9.63. The normalized spacial score (nSPS) is 22.7. The van der Waals surface area contributed by atoms with E-state index in [1.807, 2.05) is 6.07 Å². The first-order valence-corrected chi connectivity index (χ1v) is 7.99. The van der Waals surface area contributed by atoms with E-state index in [0.717, 1.165) is 35.6 Å². The van der Waals surface area contributed by atoms with Gasteiger partial charge in [-0.15, -0.1) is 12.4 Å². The van der Waals surface area contributed by atoms with Gasteiger partial charge in [-0.2, -0.15) is 0 Å². The van der Waals surface area contributed by atoms with E-state index in [9.17, 15) is 0 Å². The van der Waals surface area contributed by atoms with Crippen molar-refractivity contribution < 1.29 is 9.47 Å². The Labute approximate surface area is 140 Å². The van der Waals surface area contributed by atoms with E-state index in [0.29, 0.717) is 19.1 Å². The van der Waals surface area contributed by atoms with Crippen molar-refractivity contribution in [3.63, 3.8) is 0 Å². The third kappa shape index (κ3) is 3.83. The van der Waals surface area contributed by atoms with Crippen molar-refractivity contribution in [3.8, 4) is 11.5 Å². The number of nitrogens with two attached hydrogens (primary N) is 1. The predicted molar refractivity (Wildman–Crippen MR) is 89.4 cm³/mol. The number of nitrogens with zero attached hydrogens (tertiary/aromatic N) is 1. The van der Waals surface area contributed by atoms with Gasteiger partial charge in [0.1, 0.15) is 13.2 Å². The van der Waals surface area contributed by atoms with E-state index in [1.165, 1.54) is 12.0 Å². The number of likely N-dealkylation sites (tertiary alicyclic amines) is 1. The van der Waals surface area contributed by atoms with Gasteiger partial charge in [0.25, 0.3) is 0 Å². The lowest BCUT2D eigenvalue weighted by atomic mass is 10.0. The Bertz CT molecular complexity index is 499. The summed E-state index contributed by atoms with van der Waals surface area (Å²) in [6.45, 7) is 6.49. The highest BCUT2D eigenvalue weighted by molar-refractivity contribution is 9.10. The van der Waals surface area contributed by atoms with Gasteiger partial charge in [0.2, 0.25) is 0 Å². The molecule has 0 radical (unpaired) electrons. The van der Waals surface area contributed by atoms with E-state index in [4.69, 9.17) is 15.2 Å². The van der Waals surface area contributed by atoms with E-state index >= 15 is 0 Å². The van der Waals surface area contributed by atoms with Gasteiger partial charge in [-0.25, -0.2) is 0 Å². The SMILES string of the molecule is CC(N)C1CCN(Cc2cc3c(cc2Br)OCCO3)C1.Cl. The highest BCUT2D eigenvalue weighted by atomic mass is 79.9. The maximum Gasteiger partial charge on any atom is 0.162 e. The van der Waals surface area contributed by atoms with Crippen molar-refractivity contribution >= 4 is 28.3 Å². The summed E-state index contributed by atoms with van der Waals surface area (Å²) in [5, 5.41) is 0. The fraction of sp³-hybridized carbons (Fsp3) is 0.600. The van der Waals surface area contributed by atoms with Crippen molar-refractivity contribution in [1.29, 1.82) is 0 Å². The highest BCUT2D eigenvalue weighted by Gasteiger charge is 2.26. The van der Waals surface area contributed by atoms with Gasteiger partial charge in [-0.05, 0) is 43.5 Å². The van der Waals surface area contributed by atoms with Gasteiger partial charge in [-0.1, -0.05) is 15.9 Å². The zero-order chi connectivity index (χ0) is 14.1. The summed E-state index contributed by atoms with van der Waals surface area (Å²) >= 11 is 3.64. The summed E-state index contributed by atoms with van der Waals surface area (Å²) in [4.78, 5) is 2.46. The van der Waals surface area contributed by atoms with Crippen LogP contribution in [0.25, 0.3) is 0 Å². The van der Waals surface area contributed by atoms with Crippen LogP contribution in [0.15, 0.2) is 16.6 Å². The molecule has 0 spiro atoms. The minimum atomic E-state index is 0. The Morgan fingerprint density at radius 1 is 1.33 bits per heavy atom. The fourth-order valence-corrected chi connectivity index (χ4v) is 3.35. The lowest BCUT2D eigenvalue weighted by Crippen LogP contribution is -2.29. The first kappa shape index (κ1) is 16.9. The monoisotopic (exact) mass is 376 g/mol. The van der Waals surface area contributed by atoms with Crippen molar-refractivity contribution in [3.05, 3.63) is 22.2 Å². The molecule has 3 rings (SSSR count). The number of hydrogen-bond acceptors (Lipinski definition) is 4. The summed E-state index contributed by atoms with van der Waals surface area (Å²) in [6, 6.07) is 4.39. The lowest BCUT2D eigenvalue weighted by Gasteiger charge is -2.22. The standard InChI is InChI=1S/C15H21BrN2O2.ClH/c1-10(17)11-2-3-18(8-11)9-12-6-14-15(7-13(12)16)20-5-4-19-14;/h6-7,10-11H,2-5,8-9,17H2,1H3;1H. The fourth-order valence-electron chi connectivity index (χ4n) is 2.90. The Morgan fingerprint density at radius 3 is 2.62 bits per heavy atom. The first-order valence-electron chi connectivity index (χ1n) is 7.19. The zero-order valence-electron chi connectivity index (χ0n) is 12.2. The average Bonchev–Trinajstić information content (AvgIpc) is 2.88. The van der Waals surface area contributed by atoms with E-state index in [1.54, 1.807) is 0 Å². The van der Waals surface area contributed by atoms with Gasteiger partial charge in [0, 0.05) is 23.6 Å². The van der Waals surface area contributed by atoms with E-state index in [2.05, 4.69) is 33.8 Å². The molecular weight excluding hydrogens is 356 g/mol. The highest BCUT2D eigenvalue weighted by Crippen LogP contribution is 2.36. The second kappa shape index (κ2) is 7.18. The largest absolute Gasteiger partial charge is 0.486 e. The predicted octanol–water partition coefficient (Wildman–Crippen LogP) is 2.81. The Balaban J connectivity index is 0.00000161. The Hall–Kier alpha value is -0.490. The second-order valence-corrected chi connectivity index (χ2v) is 6.58. The molecule has 1 aromatic rings. The van der Waals surface area contributed by atoms with Crippen LogP contribution in [0.3, 0.4) is 0 Å². The van der Waals surface area contributed by atoms with Crippen molar-refractivity contribution in [2.24, 2.45) is 11.7 Å². The van der Waals surface area contributed by atoms with Crippen LogP contribution in [-0.4, -0.2) is 37.2 Å². The molecule has 2 heterocycles. The molecule has 1 aromatic carbocycles. The van der Waals surface area contributed by atoms with Gasteiger partial charge >= 0.3 is 0 Å². The molecule has 4 nitrogen and oxygen atoms in total. The molecule has 2 atom stereocenters. The molecule has 2 aliphatic rings. The summed E-state index contributed by atoms with van der Waals surface area (Å²) in [7, 11) is 0. The molecule has 6 heteroatoms. The molecule has 21 heavy (non-hydrogen) atoms. The molecule has 0 aromatic heterocycles. The third-order valence-electron chi connectivity index (χ3n) is 4.16. The third-order valence-corrected chi connectivity index (χ3v) is 4.90. The summed E-state index contributed by atoms with van der Waals surface area (Å²) in [5.41, 5.74) is 7.25. The number of fused-ring (bicyclic) bond motifs is 1. The van der Waals surface area contributed by atoms with Gasteiger partial charge in [0.15, 0.2) is 11.5 Å². The maximum absolute atomic E-state index is 6.00. The van der Waals surface area contributed by atoms with Crippen LogP contribution in [0.1, 0.15) is 18.9 Å². The molecule has 1 saturated heterocycles. The minimum absolute atomic E-state index is 0. The number of rotatable bonds is 3. The van der Waals surface area contributed by atoms with Gasteiger partial charge in [-0.3, -0.25) is 4.90 Å². The van der Waals surface area contributed by atoms with Gasteiger partial charge in [0.05, 0.1) is 0 Å². The average molecular weight is 378 g/mol. The van der Waals surface area contributed by atoms with Crippen LogP contribution in [0.4, 0.5) is 0 Å². The Kier molecular flexibility index (Phi) is 5.77. The van der Waals surface area contributed by atoms with Crippen LogP contribution in [0, 0.1) is 5.92 Å². The number of benzene rings is 1. The lowest BCUT2D eigenvalue weighted by molar-refractivity contribution is 0.171. The van der Waals surface area contributed by atoms with Crippen molar-refractivity contribution in [1.82, 2.24) is 4.90 Å². The van der Waals surface area contributed by atoms with Crippen molar-refractivity contribution in [2.75, 3.05) is 26.3 Å². The van der Waals surface area contributed by atoms with E-state index < -0.39 is 0 Å². The summed E-state index contributed by atoms with van der Waals surface area (Å²) in [6.07, 6.45) is 1.19.